The van der Waals surface area contributed by atoms with Crippen molar-refractivity contribution in [1.82, 2.24) is 0 Å². The Labute approximate surface area is 84.3 Å². The Morgan fingerprint density at radius 1 is 1.18 bits per heavy atom. The third kappa shape index (κ3) is 2.92. The first-order chi connectivity index (χ1) is 5.24. The number of halogens is 1. The molecule has 0 amide bonds. The van der Waals surface area contributed by atoms with Crippen molar-refractivity contribution >= 4 is 22.6 Å². The van der Waals surface area contributed by atoms with Gasteiger partial charge in [0, 0.05) is 4.43 Å². The standard InChI is InChI=1S/C10H19I/c1-8(2)10-5-3-9(7-11)4-6-10/h8-10H,3-7H2,1-2H3/t9-,10+. The lowest BCUT2D eigenvalue weighted by atomic mass is 9.78. The largest absolute Gasteiger partial charge is 0.0861 e. The first-order valence-electron chi connectivity index (χ1n) is 4.80. The molecule has 0 atom stereocenters. The Hall–Kier alpha value is 0.730. The molecule has 0 aromatic rings. The summed E-state index contributed by atoms with van der Waals surface area (Å²) < 4.78 is 1.38. The van der Waals surface area contributed by atoms with Crippen molar-refractivity contribution in [3.05, 3.63) is 0 Å². The van der Waals surface area contributed by atoms with Gasteiger partial charge < -0.3 is 0 Å². The molecule has 0 heterocycles. The highest BCUT2D eigenvalue weighted by Gasteiger charge is 2.21. The minimum Gasteiger partial charge on any atom is -0.0861 e. The van der Waals surface area contributed by atoms with Crippen molar-refractivity contribution in [3.63, 3.8) is 0 Å². The summed E-state index contributed by atoms with van der Waals surface area (Å²) in [6.45, 7) is 4.74. The molecule has 0 spiro atoms. The van der Waals surface area contributed by atoms with Crippen LogP contribution in [-0.2, 0) is 0 Å². The van der Waals surface area contributed by atoms with Gasteiger partial charge in [0.15, 0.2) is 0 Å². The zero-order valence-electron chi connectivity index (χ0n) is 7.65. The van der Waals surface area contributed by atoms with Gasteiger partial charge in [0.2, 0.25) is 0 Å². The van der Waals surface area contributed by atoms with Crippen molar-refractivity contribution < 1.29 is 0 Å². The van der Waals surface area contributed by atoms with Gasteiger partial charge in [-0.1, -0.05) is 36.4 Å². The third-order valence-corrected chi connectivity index (χ3v) is 4.30. The SMILES string of the molecule is CC(C)[C@H]1CC[C@@H](CI)CC1. The van der Waals surface area contributed by atoms with Gasteiger partial charge in [0.25, 0.3) is 0 Å². The van der Waals surface area contributed by atoms with Gasteiger partial charge in [0.1, 0.15) is 0 Å². The fraction of sp³-hybridized carbons (Fsp3) is 1.00. The van der Waals surface area contributed by atoms with Gasteiger partial charge in [-0.2, -0.15) is 0 Å². The Morgan fingerprint density at radius 2 is 1.73 bits per heavy atom. The van der Waals surface area contributed by atoms with E-state index in [-0.39, 0.29) is 0 Å². The van der Waals surface area contributed by atoms with Crippen molar-refractivity contribution in [1.29, 1.82) is 0 Å². The van der Waals surface area contributed by atoms with Crippen LogP contribution in [0.1, 0.15) is 39.5 Å². The Morgan fingerprint density at radius 3 is 2.09 bits per heavy atom. The van der Waals surface area contributed by atoms with Crippen LogP contribution in [0.2, 0.25) is 0 Å². The average molecular weight is 266 g/mol. The van der Waals surface area contributed by atoms with Gasteiger partial charge in [-0.3, -0.25) is 0 Å². The quantitative estimate of drug-likeness (QED) is 0.525. The summed E-state index contributed by atoms with van der Waals surface area (Å²) in [7, 11) is 0. The van der Waals surface area contributed by atoms with Crippen molar-refractivity contribution in [2.45, 2.75) is 39.5 Å². The second-order valence-electron chi connectivity index (χ2n) is 4.18. The molecule has 66 valence electrons. The summed E-state index contributed by atoms with van der Waals surface area (Å²) in [5.41, 5.74) is 0. The van der Waals surface area contributed by atoms with Gasteiger partial charge >= 0.3 is 0 Å². The first kappa shape index (κ1) is 9.82. The molecular weight excluding hydrogens is 247 g/mol. The fourth-order valence-electron chi connectivity index (χ4n) is 2.01. The third-order valence-electron chi connectivity index (χ3n) is 3.05. The molecule has 0 aromatic heterocycles. The van der Waals surface area contributed by atoms with E-state index in [1.807, 2.05) is 0 Å². The minimum atomic E-state index is 0.921. The van der Waals surface area contributed by atoms with Crippen molar-refractivity contribution in [2.24, 2.45) is 17.8 Å². The highest BCUT2D eigenvalue weighted by molar-refractivity contribution is 14.1. The molecule has 0 radical (unpaired) electrons. The summed E-state index contributed by atoms with van der Waals surface area (Å²) in [5, 5.41) is 0. The molecule has 1 aliphatic carbocycles. The predicted octanol–water partition coefficient (Wildman–Crippen LogP) is 3.88. The lowest BCUT2D eigenvalue weighted by Crippen LogP contribution is -2.19. The number of alkyl halides is 1. The van der Waals surface area contributed by atoms with E-state index in [4.69, 9.17) is 0 Å². The normalized spacial score (nSPS) is 32.7. The molecule has 0 bridgehead atoms. The summed E-state index contributed by atoms with van der Waals surface area (Å²) in [5.74, 6) is 3.00. The molecule has 0 nitrogen and oxygen atoms in total. The van der Waals surface area contributed by atoms with Gasteiger partial charge in [-0.25, -0.2) is 0 Å². The van der Waals surface area contributed by atoms with Crippen LogP contribution in [-0.4, -0.2) is 4.43 Å². The molecule has 0 aliphatic heterocycles. The average Bonchev–Trinajstić information content (AvgIpc) is 2.05. The minimum absolute atomic E-state index is 0.921. The van der Waals surface area contributed by atoms with Crippen LogP contribution in [0.5, 0.6) is 0 Å². The molecule has 1 aliphatic rings. The molecule has 1 rings (SSSR count). The maximum Gasteiger partial charge on any atom is 0.00237 e. The zero-order chi connectivity index (χ0) is 8.27. The van der Waals surface area contributed by atoms with E-state index in [9.17, 15) is 0 Å². The highest BCUT2D eigenvalue weighted by atomic mass is 127. The Bertz CT molecular complexity index is 101. The Balaban J connectivity index is 2.24. The van der Waals surface area contributed by atoms with Gasteiger partial charge in [-0.05, 0) is 43.4 Å². The second kappa shape index (κ2) is 4.68. The molecule has 0 N–H and O–H groups in total. The second-order valence-corrected chi connectivity index (χ2v) is 5.06. The topological polar surface area (TPSA) is 0 Å². The maximum atomic E-state index is 2.53. The van der Waals surface area contributed by atoms with E-state index < -0.39 is 0 Å². The van der Waals surface area contributed by atoms with Crippen molar-refractivity contribution in [3.8, 4) is 0 Å². The van der Waals surface area contributed by atoms with E-state index in [1.165, 1.54) is 30.1 Å². The molecule has 1 fully saturated rings. The van der Waals surface area contributed by atoms with Crippen LogP contribution in [0.15, 0.2) is 0 Å². The zero-order valence-corrected chi connectivity index (χ0v) is 9.80. The Kier molecular flexibility index (Phi) is 4.18. The number of hydrogen-bond donors (Lipinski definition) is 0. The summed E-state index contributed by atoms with van der Waals surface area (Å²) in [4.78, 5) is 0. The van der Waals surface area contributed by atoms with Crippen LogP contribution in [0.25, 0.3) is 0 Å². The predicted molar refractivity (Wildman–Crippen MR) is 59.2 cm³/mol. The number of hydrogen-bond acceptors (Lipinski definition) is 0. The van der Waals surface area contributed by atoms with E-state index >= 15 is 0 Å². The van der Waals surface area contributed by atoms with Crippen molar-refractivity contribution in [2.75, 3.05) is 4.43 Å². The van der Waals surface area contributed by atoms with Crippen LogP contribution in [0.4, 0.5) is 0 Å². The molecule has 1 saturated carbocycles. The molecule has 0 aromatic carbocycles. The van der Waals surface area contributed by atoms with E-state index in [2.05, 4.69) is 36.4 Å². The summed E-state index contributed by atoms with van der Waals surface area (Å²) >= 11 is 2.53. The van der Waals surface area contributed by atoms with E-state index in [0.29, 0.717) is 0 Å². The summed E-state index contributed by atoms with van der Waals surface area (Å²) in [6.07, 6.45) is 5.97. The molecule has 1 heteroatoms. The lowest BCUT2D eigenvalue weighted by molar-refractivity contribution is 0.238. The highest BCUT2D eigenvalue weighted by Crippen LogP contribution is 2.33. The number of rotatable bonds is 2. The molecule has 11 heavy (non-hydrogen) atoms. The monoisotopic (exact) mass is 266 g/mol. The molecular formula is C10H19I. The van der Waals surface area contributed by atoms with Crippen LogP contribution >= 0.6 is 22.6 Å². The fourth-order valence-corrected chi connectivity index (χ4v) is 2.89. The van der Waals surface area contributed by atoms with E-state index in [0.717, 1.165) is 17.8 Å². The van der Waals surface area contributed by atoms with Gasteiger partial charge in [0.05, 0.1) is 0 Å². The maximum absolute atomic E-state index is 2.53. The van der Waals surface area contributed by atoms with E-state index in [1.54, 1.807) is 0 Å². The van der Waals surface area contributed by atoms with Gasteiger partial charge in [-0.15, -0.1) is 0 Å². The summed E-state index contributed by atoms with van der Waals surface area (Å²) in [6, 6.07) is 0. The van der Waals surface area contributed by atoms with Crippen LogP contribution in [0.3, 0.4) is 0 Å². The van der Waals surface area contributed by atoms with Crippen LogP contribution in [0, 0.1) is 17.8 Å². The van der Waals surface area contributed by atoms with Crippen LogP contribution < -0.4 is 0 Å². The molecule has 0 unspecified atom stereocenters. The lowest BCUT2D eigenvalue weighted by Gasteiger charge is -2.29. The molecule has 0 saturated heterocycles. The smallest absolute Gasteiger partial charge is 0.00237 e. The first-order valence-corrected chi connectivity index (χ1v) is 6.32.